The molecule has 2 N–H and O–H groups in total. The Labute approximate surface area is 212 Å². The highest BCUT2D eigenvalue weighted by Gasteiger charge is 2.23. The molecule has 1 aliphatic rings. The minimum Gasteiger partial charge on any atom is -0.496 e. The van der Waals surface area contributed by atoms with Crippen LogP contribution in [-0.4, -0.2) is 47.8 Å². The number of nitrogens with zero attached hydrogens (tertiary/aromatic N) is 1. The molecule has 7 nitrogen and oxygen atoms in total. The second-order valence-corrected chi connectivity index (χ2v) is 10.9. The maximum atomic E-state index is 13.3. The number of hydrogen-bond donors (Lipinski definition) is 2. The van der Waals surface area contributed by atoms with E-state index < -0.39 is 10.0 Å². The highest BCUT2D eigenvalue weighted by Crippen LogP contribution is 2.35. The van der Waals surface area contributed by atoms with Gasteiger partial charge in [-0.3, -0.25) is 4.72 Å². The number of benzene rings is 3. The summed E-state index contributed by atoms with van der Waals surface area (Å²) < 4.78 is 40.1. The minimum atomic E-state index is -3.86. The molecule has 0 aromatic heterocycles. The summed E-state index contributed by atoms with van der Waals surface area (Å²) in [6.45, 7) is 5.94. The highest BCUT2D eigenvalue weighted by atomic mass is 35.5. The average molecular weight is 516 g/mol. The van der Waals surface area contributed by atoms with E-state index in [2.05, 4.69) is 28.8 Å². The Morgan fingerprint density at radius 2 is 1.54 bits per heavy atom. The highest BCUT2D eigenvalue weighted by molar-refractivity contribution is 7.92. The van der Waals surface area contributed by atoms with E-state index >= 15 is 0 Å². The van der Waals surface area contributed by atoms with Gasteiger partial charge in [0, 0.05) is 41.4 Å². The fourth-order valence-electron chi connectivity index (χ4n) is 4.43. The Kier molecular flexibility index (Phi) is 7.44. The number of methoxy groups -OCH3 is 2. The lowest BCUT2D eigenvalue weighted by molar-refractivity contribution is 0.406. The third-order valence-electron chi connectivity index (χ3n) is 5.99. The van der Waals surface area contributed by atoms with Crippen molar-refractivity contribution in [2.24, 2.45) is 0 Å². The Morgan fingerprint density at radius 1 is 0.914 bits per heavy atom. The zero-order chi connectivity index (χ0) is 25.2. The van der Waals surface area contributed by atoms with Gasteiger partial charge in [-0.2, -0.15) is 0 Å². The first-order valence-corrected chi connectivity index (χ1v) is 13.2. The summed E-state index contributed by atoms with van der Waals surface area (Å²) in [5, 5.41) is 4.08. The third-order valence-corrected chi connectivity index (χ3v) is 7.60. The van der Waals surface area contributed by atoms with E-state index in [9.17, 15) is 8.42 Å². The molecule has 4 rings (SSSR count). The summed E-state index contributed by atoms with van der Waals surface area (Å²) in [5.41, 5.74) is 2.91. The van der Waals surface area contributed by atoms with Gasteiger partial charge in [0.05, 0.1) is 24.8 Å². The minimum absolute atomic E-state index is 0.138. The molecular formula is C26H30ClN3O4S. The van der Waals surface area contributed by atoms with Crippen LogP contribution in [0.4, 0.5) is 11.4 Å². The molecule has 0 amide bonds. The van der Waals surface area contributed by atoms with Crippen molar-refractivity contribution in [3.63, 3.8) is 0 Å². The molecule has 2 atom stereocenters. The summed E-state index contributed by atoms with van der Waals surface area (Å²) in [7, 11) is -0.751. The topological polar surface area (TPSA) is 79.9 Å². The molecule has 1 aliphatic heterocycles. The predicted molar refractivity (Wildman–Crippen MR) is 142 cm³/mol. The monoisotopic (exact) mass is 515 g/mol. The van der Waals surface area contributed by atoms with Crippen LogP contribution < -0.4 is 24.4 Å². The van der Waals surface area contributed by atoms with Gasteiger partial charge in [-0.1, -0.05) is 23.7 Å². The van der Waals surface area contributed by atoms with Gasteiger partial charge in [-0.15, -0.1) is 0 Å². The van der Waals surface area contributed by atoms with Crippen LogP contribution in [0.15, 0.2) is 65.6 Å². The third kappa shape index (κ3) is 5.66. The normalized spacial score (nSPS) is 18.3. The molecule has 1 fully saturated rings. The second kappa shape index (κ2) is 10.4. The van der Waals surface area contributed by atoms with E-state index in [1.54, 1.807) is 55.6 Å². The summed E-state index contributed by atoms with van der Waals surface area (Å²) in [4.78, 5) is 2.38. The van der Waals surface area contributed by atoms with Crippen LogP contribution in [0.5, 0.6) is 11.5 Å². The van der Waals surface area contributed by atoms with E-state index in [-0.39, 0.29) is 4.90 Å². The van der Waals surface area contributed by atoms with Gasteiger partial charge < -0.3 is 19.7 Å². The van der Waals surface area contributed by atoms with Crippen LogP contribution >= 0.6 is 11.6 Å². The average Bonchev–Trinajstić information content (AvgIpc) is 2.83. The van der Waals surface area contributed by atoms with Crippen LogP contribution in [0.3, 0.4) is 0 Å². The largest absolute Gasteiger partial charge is 0.496 e. The lowest BCUT2D eigenvalue weighted by atomic mass is 10.0. The van der Waals surface area contributed by atoms with Crippen LogP contribution in [-0.2, 0) is 10.0 Å². The number of sulfonamides is 1. The van der Waals surface area contributed by atoms with Crippen molar-refractivity contribution < 1.29 is 17.9 Å². The molecule has 1 saturated heterocycles. The van der Waals surface area contributed by atoms with Gasteiger partial charge in [-0.25, -0.2) is 8.42 Å². The number of piperazine rings is 1. The maximum Gasteiger partial charge on any atom is 0.262 e. The first kappa shape index (κ1) is 25.2. The molecule has 186 valence electrons. The molecule has 0 radical (unpaired) electrons. The van der Waals surface area contributed by atoms with Gasteiger partial charge in [-0.05, 0) is 67.9 Å². The Morgan fingerprint density at radius 3 is 2.17 bits per heavy atom. The molecule has 1 heterocycles. The van der Waals surface area contributed by atoms with Gasteiger partial charge in [0.1, 0.15) is 11.5 Å². The van der Waals surface area contributed by atoms with E-state index in [0.29, 0.717) is 34.3 Å². The van der Waals surface area contributed by atoms with Crippen LogP contribution in [0.1, 0.15) is 13.8 Å². The second-order valence-electron chi connectivity index (χ2n) is 8.73. The molecule has 2 unspecified atom stereocenters. The van der Waals surface area contributed by atoms with Crippen molar-refractivity contribution in [2.75, 3.05) is 36.9 Å². The standard InChI is InChI=1S/C26H30ClN3O4S/c1-17-15-30(16-18(2)28-17)21-8-12-26(34-4)24(14-21)29-35(31,32)22-9-5-19(6-10-22)23-13-20(27)7-11-25(23)33-3/h5-14,17-18,28-29H,15-16H2,1-4H3. The van der Waals surface area contributed by atoms with Gasteiger partial charge in [0.15, 0.2) is 0 Å². The lowest BCUT2D eigenvalue weighted by Gasteiger charge is -2.38. The first-order valence-electron chi connectivity index (χ1n) is 11.4. The molecule has 35 heavy (non-hydrogen) atoms. The van der Waals surface area contributed by atoms with Crippen molar-refractivity contribution >= 4 is 33.0 Å². The predicted octanol–water partition coefficient (Wildman–Crippen LogP) is 5.01. The lowest BCUT2D eigenvalue weighted by Crippen LogP contribution is -2.54. The van der Waals surface area contributed by atoms with Gasteiger partial charge >= 0.3 is 0 Å². The van der Waals surface area contributed by atoms with Gasteiger partial charge in [0.2, 0.25) is 0 Å². The van der Waals surface area contributed by atoms with E-state index in [1.165, 1.54) is 7.11 Å². The summed E-state index contributed by atoms with van der Waals surface area (Å²) in [5.74, 6) is 1.11. The fourth-order valence-corrected chi connectivity index (χ4v) is 5.67. The first-order chi connectivity index (χ1) is 16.7. The van der Waals surface area contributed by atoms with Gasteiger partial charge in [0.25, 0.3) is 10.0 Å². The molecule has 3 aromatic rings. The summed E-state index contributed by atoms with van der Waals surface area (Å²) in [6.07, 6.45) is 0. The van der Waals surface area contributed by atoms with E-state index in [4.69, 9.17) is 21.1 Å². The van der Waals surface area contributed by atoms with E-state index in [1.807, 2.05) is 12.1 Å². The van der Waals surface area contributed by atoms with Crippen LogP contribution in [0.2, 0.25) is 5.02 Å². The maximum absolute atomic E-state index is 13.3. The Hall–Kier alpha value is -2.94. The molecule has 0 aliphatic carbocycles. The van der Waals surface area contributed by atoms with Crippen molar-refractivity contribution in [2.45, 2.75) is 30.8 Å². The smallest absolute Gasteiger partial charge is 0.262 e. The number of ether oxygens (including phenoxy) is 2. The van der Waals surface area contributed by atoms with Crippen molar-refractivity contribution in [1.29, 1.82) is 0 Å². The molecule has 9 heteroatoms. The zero-order valence-corrected chi connectivity index (χ0v) is 21.8. The Bertz CT molecular complexity index is 1290. The summed E-state index contributed by atoms with van der Waals surface area (Å²) >= 11 is 6.15. The summed E-state index contributed by atoms with van der Waals surface area (Å²) in [6, 6.07) is 18.1. The molecule has 0 bridgehead atoms. The number of anilines is 2. The van der Waals surface area contributed by atoms with Crippen molar-refractivity contribution in [3.05, 3.63) is 65.7 Å². The SMILES string of the molecule is COc1ccc(N2CC(C)NC(C)C2)cc1NS(=O)(=O)c1ccc(-c2cc(Cl)ccc2OC)cc1. The fraction of sp³-hybridized carbons (Fsp3) is 0.308. The number of nitrogens with one attached hydrogen (secondary N) is 2. The molecular weight excluding hydrogens is 486 g/mol. The van der Waals surface area contributed by atoms with Crippen molar-refractivity contribution in [1.82, 2.24) is 5.32 Å². The molecule has 0 saturated carbocycles. The molecule has 0 spiro atoms. The number of rotatable bonds is 7. The van der Waals surface area contributed by atoms with Crippen LogP contribution in [0.25, 0.3) is 11.1 Å². The quantitative estimate of drug-likeness (QED) is 0.460. The zero-order valence-electron chi connectivity index (χ0n) is 20.2. The Balaban J connectivity index is 1.61. The van der Waals surface area contributed by atoms with E-state index in [0.717, 1.165) is 29.9 Å². The van der Waals surface area contributed by atoms with Crippen LogP contribution in [0, 0.1) is 0 Å². The molecule has 3 aromatic carbocycles. The number of halogens is 1. The number of hydrogen-bond acceptors (Lipinski definition) is 6. The van der Waals surface area contributed by atoms with Crippen molar-refractivity contribution in [3.8, 4) is 22.6 Å².